The molecule has 2 heterocycles. The number of thiazole rings is 1. The third kappa shape index (κ3) is 1.51. The van der Waals surface area contributed by atoms with Gasteiger partial charge in [0, 0.05) is 5.92 Å². The number of aromatic nitrogens is 2. The molecule has 3 aromatic rings. The Hall–Kier alpha value is -1.88. The Bertz CT molecular complexity index is 727. The van der Waals surface area contributed by atoms with Crippen LogP contribution in [0.3, 0.4) is 0 Å². The summed E-state index contributed by atoms with van der Waals surface area (Å²) in [5.41, 5.74) is 8.69. The Morgan fingerprint density at radius 2 is 2.22 bits per heavy atom. The minimum Gasteiger partial charge on any atom is -0.367 e. The molecule has 90 valence electrons. The van der Waals surface area contributed by atoms with Crippen LogP contribution in [0.25, 0.3) is 21.3 Å². The predicted molar refractivity (Wildman–Crippen MR) is 71.5 cm³/mol. The summed E-state index contributed by atoms with van der Waals surface area (Å²) in [6.07, 6.45) is 4.22. The normalized spacial score (nSPS) is 15.3. The minimum absolute atomic E-state index is 0.362. The predicted octanol–water partition coefficient (Wildman–Crippen LogP) is 3.41. The van der Waals surface area contributed by atoms with E-state index in [9.17, 15) is 0 Å². The van der Waals surface area contributed by atoms with Crippen LogP contribution in [-0.2, 0) is 0 Å². The molecule has 1 aliphatic rings. The van der Waals surface area contributed by atoms with Gasteiger partial charge in [-0.2, -0.15) is 0 Å². The highest BCUT2D eigenvalue weighted by Crippen LogP contribution is 2.43. The van der Waals surface area contributed by atoms with Gasteiger partial charge in [-0.1, -0.05) is 11.2 Å². The molecule has 2 N–H and O–H groups in total. The summed E-state index contributed by atoms with van der Waals surface area (Å²) < 4.78 is 6.10. The van der Waals surface area contributed by atoms with E-state index < -0.39 is 0 Å². The minimum atomic E-state index is 0.362. The molecule has 0 amide bonds. The van der Waals surface area contributed by atoms with Gasteiger partial charge < -0.3 is 10.3 Å². The number of rotatable bonds is 2. The SMILES string of the molecule is Nc1oncc1-c1ccc2nc(C3CC3)sc2c1. The standard InChI is InChI=1S/C13H11N3OS/c14-12-9(6-15-17-12)8-3-4-10-11(5-8)18-13(16-10)7-1-2-7/h3-7H,1-2,14H2. The highest BCUT2D eigenvalue weighted by molar-refractivity contribution is 7.18. The van der Waals surface area contributed by atoms with Crippen molar-refractivity contribution < 1.29 is 4.52 Å². The van der Waals surface area contributed by atoms with Gasteiger partial charge >= 0.3 is 0 Å². The van der Waals surface area contributed by atoms with E-state index in [1.54, 1.807) is 17.5 Å². The molecule has 1 fully saturated rings. The second-order valence-electron chi connectivity index (χ2n) is 4.61. The zero-order valence-corrected chi connectivity index (χ0v) is 10.4. The maximum absolute atomic E-state index is 5.74. The molecule has 1 saturated carbocycles. The van der Waals surface area contributed by atoms with Crippen molar-refractivity contribution in [2.24, 2.45) is 0 Å². The Morgan fingerprint density at radius 3 is 2.94 bits per heavy atom. The average molecular weight is 257 g/mol. The van der Waals surface area contributed by atoms with E-state index in [2.05, 4.69) is 16.2 Å². The number of anilines is 1. The van der Waals surface area contributed by atoms with Crippen LogP contribution in [0.15, 0.2) is 28.9 Å². The molecule has 4 nitrogen and oxygen atoms in total. The maximum Gasteiger partial charge on any atom is 0.229 e. The molecule has 0 unspecified atom stereocenters. The first kappa shape index (κ1) is 10.1. The fourth-order valence-electron chi connectivity index (χ4n) is 2.08. The van der Waals surface area contributed by atoms with Gasteiger partial charge in [0.15, 0.2) is 0 Å². The van der Waals surface area contributed by atoms with Gasteiger partial charge in [-0.05, 0) is 30.5 Å². The summed E-state index contributed by atoms with van der Waals surface area (Å²) >= 11 is 1.78. The number of nitrogens with two attached hydrogens (primary N) is 1. The van der Waals surface area contributed by atoms with E-state index in [4.69, 9.17) is 10.3 Å². The molecular weight excluding hydrogens is 246 g/mol. The van der Waals surface area contributed by atoms with Gasteiger partial charge in [-0.25, -0.2) is 4.98 Å². The topological polar surface area (TPSA) is 64.9 Å². The molecule has 1 aliphatic carbocycles. The van der Waals surface area contributed by atoms with Gasteiger partial charge in [0.25, 0.3) is 0 Å². The van der Waals surface area contributed by atoms with Gasteiger partial charge in [0.1, 0.15) is 0 Å². The molecule has 4 rings (SSSR count). The van der Waals surface area contributed by atoms with E-state index in [0.717, 1.165) is 16.6 Å². The fraction of sp³-hybridized carbons (Fsp3) is 0.231. The van der Waals surface area contributed by atoms with Crippen LogP contribution in [0.1, 0.15) is 23.8 Å². The quantitative estimate of drug-likeness (QED) is 0.764. The summed E-state index contributed by atoms with van der Waals surface area (Å²) in [6, 6.07) is 6.17. The van der Waals surface area contributed by atoms with Gasteiger partial charge in [0.2, 0.25) is 5.88 Å². The number of hydrogen-bond donors (Lipinski definition) is 1. The van der Waals surface area contributed by atoms with E-state index in [0.29, 0.717) is 11.8 Å². The van der Waals surface area contributed by atoms with Gasteiger partial charge in [-0.3, -0.25) is 0 Å². The van der Waals surface area contributed by atoms with Crippen LogP contribution in [-0.4, -0.2) is 10.1 Å². The summed E-state index contributed by atoms with van der Waals surface area (Å²) in [7, 11) is 0. The van der Waals surface area contributed by atoms with Crippen LogP contribution in [0.5, 0.6) is 0 Å². The number of nitrogens with zero attached hydrogens (tertiary/aromatic N) is 2. The molecule has 0 saturated heterocycles. The summed E-state index contributed by atoms with van der Waals surface area (Å²) in [5, 5.41) is 4.97. The number of fused-ring (bicyclic) bond motifs is 1. The van der Waals surface area contributed by atoms with Crippen LogP contribution < -0.4 is 5.73 Å². The zero-order chi connectivity index (χ0) is 12.1. The highest BCUT2D eigenvalue weighted by Gasteiger charge is 2.27. The van der Waals surface area contributed by atoms with Crippen molar-refractivity contribution in [2.75, 3.05) is 5.73 Å². The van der Waals surface area contributed by atoms with Gasteiger partial charge in [0.05, 0.1) is 27.0 Å². The summed E-state index contributed by atoms with van der Waals surface area (Å²) in [5.74, 6) is 1.06. The third-order valence-corrected chi connectivity index (χ3v) is 4.42. The van der Waals surface area contributed by atoms with Crippen molar-refractivity contribution in [3.05, 3.63) is 29.4 Å². The van der Waals surface area contributed by atoms with Crippen molar-refractivity contribution in [1.82, 2.24) is 10.1 Å². The van der Waals surface area contributed by atoms with Crippen LogP contribution in [0.4, 0.5) is 5.88 Å². The highest BCUT2D eigenvalue weighted by atomic mass is 32.1. The molecule has 1 aromatic carbocycles. The molecule has 0 bridgehead atoms. The van der Waals surface area contributed by atoms with Crippen molar-refractivity contribution in [2.45, 2.75) is 18.8 Å². The van der Waals surface area contributed by atoms with Gasteiger partial charge in [-0.15, -0.1) is 11.3 Å². The molecule has 0 aliphatic heterocycles. The lowest BCUT2D eigenvalue weighted by Gasteiger charge is -1.96. The second kappa shape index (κ2) is 3.55. The summed E-state index contributed by atoms with van der Waals surface area (Å²) in [6.45, 7) is 0. The maximum atomic E-state index is 5.74. The first-order valence-electron chi connectivity index (χ1n) is 5.92. The largest absolute Gasteiger partial charge is 0.367 e. The smallest absolute Gasteiger partial charge is 0.229 e. The lowest BCUT2D eigenvalue weighted by molar-refractivity contribution is 0.436. The number of nitrogen functional groups attached to an aromatic ring is 1. The Labute approximate surface area is 107 Å². The number of hydrogen-bond acceptors (Lipinski definition) is 5. The van der Waals surface area contributed by atoms with Crippen molar-refractivity contribution >= 4 is 27.4 Å². The average Bonchev–Trinajstić information content (AvgIpc) is 3.00. The van der Waals surface area contributed by atoms with Crippen LogP contribution >= 0.6 is 11.3 Å². The molecule has 5 heteroatoms. The molecule has 18 heavy (non-hydrogen) atoms. The Balaban J connectivity index is 1.85. The number of benzene rings is 1. The van der Waals surface area contributed by atoms with E-state index in [1.807, 2.05) is 12.1 Å². The Morgan fingerprint density at radius 1 is 1.33 bits per heavy atom. The lowest BCUT2D eigenvalue weighted by atomic mass is 10.1. The van der Waals surface area contributed by atoms with E-state index in [1.165, 1.54) is 22.5 Å². The first-order valence-corrected chi connectivity index (χ1v) is 6.74. The van der Waals surface area contributed by atoms with Crippen LogP contribution in [0, 0.1) is 0 Å². The third-order valence-electron chi connectivity index (χ3n) is 3.24. The van der Waals surface area contributed by atoms with Crippen molar-refractivity contribution in [3.8, 4) is 11.1 Å². The van der Waals surface area contributed by atoms with E-state index in [-0.39, 0.29) is 0 Å². The second-order valence-corrected chi connectivity index (χ2v) is 5.67. The van der Waals surface area contributed by atoms with Crippen molar-refractivity contribution in [1.29, 1.82) is 0 Å². The monoisotopic (exact) mass is 257 g/mol. The molecule has 0 spiro atoms. The zero-order valence-electron chi connectivity index (χ0n) is 9.59. The van der Waals surface area contributed by atoms with E-state index >= 15 is 0 Å². The molecule has 2 aromatic heterocycles. The Kier molecular flexibility index (Phi) is 1.99. The lowest BCUT2D eigenvalue weighted by Crippen LogP contribution is -1.84. The fourth-order valence-corrected chi connectivity index (χ4v) is 3.26. The molecule has 0 atom stereocenters. The first-order chi connectivity index (χ1) is 8.81. The summed E-state index contributed by atoms with van der Waals surface area (Å²) in [4.78, 5) is 4.67. The molecular formula is C13H11N3OS. The van der Waals surface area contributed by atoms with Crippen molar-refractivity contribution in [3.63, 3.8) is 0 Å². The molecule has 0 radical (unpaired) electrons. The van der Waals surface area contributed by atoms with Crippen LogP contribution in [0.2, 0.25) is 0 Å².